The zero-order valence-corrected chi connectivity index (χ0v) is 14.4. The lowest BCUT2D eigenvalue weighted by Crippen LogP contribution is -2.39. The van der Waals surface area contributed by atoms with Gasteiger partial charge in [0.2, 0.25) is 0 Å². The van der Waals surface area contributed by atoms with Crippen LogP contribution < -0.4 is 11.2 Å². The van der Waals surface area contributed by atoms with E-state index >= 15 is 0 Å². The molecule has 0 saturated carbocycles. The number of aromatic nitrogens is 4. The van der Waals surface area contributed by atoms with Gasteiger partial charge in [-0.3, -0.25) is 13.9 Å². The van der Waals surface area contributed by atoms with E-state index in [0.717, 1.165) is 38.5 Å². The number of hydrogen-bond acceptors (Lipinski definition) is 3. The molecule has 0 radical (unpaired) electrons. The molecule has 0 N–H and O–H groups in total. The summed E-state index contributed by atoms with van der Waals surface area (Å²) in [5.74, 6) is 0. The van der Waals surface area contributed by atoms with Gasteiger partial charge in [-0.05, 0) is 38.5 Å². The van der Waals surface area contributed by atoms with E-state index in [1.54, 1.807) is 13.4 Å². The highest BCUT2D eigenvalue weighted by atomic mass is 16.2. The normalized spacial score (nSPS) is 11.0. The number of aryl methyl sites for hydroxylation is 2. The molecular weight excluding hydrogens is 304 g/mol. The molecule has 2 heterocycles. The molecule has 0 aromatic carbocycles. The third-order valence-electron chi connectivity index (χ3n) is 4.20. The zero-order chi connectivity index (χ0) is 17.5. The molecule has 0 bridgehead atoms. The summed E-state index contributed by atoms with van der Waals surface area (Å²) in [5.41, 5.74) is 0.423. The molecule has 2 rings (SSSR count). The van der Waals surface area contributed by atoms with Gasteiger partial charge in [0, 0.05) is 20.1 Å². The highest BCUT2D eigenvalue weighted by Crippen LogP contribution is 2.08. The second kappa shape index (κ2) is 8.47. The SMILES string of the molecule is C=CCCCCn1c(=O)c2c(ncn2CCCCC=C)n(C)c1=O. The van der Waals surface area contributed by atoms with Crippen molar-refractivity contribution in [2.75, 3.05) is 0 Å². The van der Waals surface area contributed by atoms with E-state index in [2.05, 4.69) is 18.1 Å². The van der Waals surface area contributed by atoms with Crippen LogP contribution in [0.1, 0.15) is 38.5 Å². The van der Waals surface area contributed by atoms with Crippen molar-refractivity contribution >= 4 is 11.2 Å². The fourth-order valence-electron chi connectivity index (χ4n) is 2.82. The Hall–Kier alpha value is -2.37. The first-order valence-electron chi connectivity index (χ1n) is 8.48. The van der Waals surface area contributed by atoms with E-state index in [-0.39, 0.29) is 11.2 Å². The molecule has 0 fully saturated rings. The van der Waals surface area contributed by atoms with Crippen molar-refractivity contribution in [3.8, 4) is 0 Å². The molecule has 0 saturated heterocycles. The second-order valence-corrected chi connectivity index (χ2v) is 5.98. The third-order valence-corrected chi connectivity index (χ3v) is 4.20. The van der Waals surface area contributed by atoms with Gasteiger partial charge in [-0.1, -0.05) is 12.2 Å². The van der Waals surface area contributed by atoms with Gasteiger partial charge in [0.15, 0.2) is 11.2 Å². The summed E-state index contributed by atoms with van der Waals surface area (Å²) in [6.45, 7) is 8.55. The molecule has 2 aromatic heterocycles. The number of allylic oxidation sites excluding steroid dienone is 2. The number of nitrogens with zero attached hydrogens (tertiary/aromatic N) is 4. The molecular formula is C18H26N4O2. The average molecular weight is 330 g/mol. The largest absolute Gasteiger partial charge is 0.332 e. The molecule has 0 aliphatic heterocycles. The van der Waals surface area contributed by atoms with Crippen molar-refractivity contribution in [1.29, 1.82) is 0 Å². The lowest BCUT2D eigenvalue weighted by Gasteiger charge is -2.09. The van der Waals surface area contributed by atoms with Crippen molar-refractivity contribution in [2.24, 2.45) is 7.05 Å². The van der Waals surface area contributed by atoms with Gasteiger partial charge in [-0.15, -0.1) is 13.2 Å². The maximum Gasteiger partial charge on any atom is 0.332 e. The Balaban J connectivity index is 2.33. The monoisotopic (exact) mass is 330 g/mol. The van der Waals surface area contributed by atoms with Gasteiger partial charge in [0.05, 0.1) is 6.33 Å². The van der Waals surface area contributed by atoms with Crippen molar-refractivity contribution in [3.05, 3.63) is 52.5 Å². The summed E-state index contributed by atoms with van der Waals surface area (Å²) in [7, 11) is 1.67. The number of imidazole rings is 1. The predicted molar refractivity (Wildman–Crippen MR) is 97.3 cm³/mol. The van der Waals surface area contributed by atoms with Crippen LogP contribution >= 0.6 is 0 Å². The molecule has 6 nitrogen and oxygen atoms in total. The molecule has 0 aliphatic rings. The first kappa shape index (κ1) is 18.0. The summed E-state index contributed by atoms with van der Waals surface area (Å²) in [4.78, 5) is 29.5. The van der Waals surface area contributed by atoms with Crippen LogP contribution in [0.15, 0.2) is 41.2 Å². The highest BCUT2D eigenvalue weighted by Gasteiger charge is 2.15. The fraction of sp³-hybridized carbons (Fsp3) is 0.500. The predicted octanol–water partition coefficient (Wildman–Crippen LogP) is 2.61. The van der Waals surface area contributed by atoms with E-state index in [1.807, 2.05) is 16.7 Å². The minimum atomic E-state index is -0.303. The number of rotatable bonds is 10. The van der Waals surface area contributed by atoms with Crippen LogP contribution in [0.25, 0.3) is 11.2 Å². The van der Waals surface area contributed by atoms with Gasteiger partial charge in [0.1, 0.15) is 0 Å². The van der Waals surface area contributed by atoms with Crippen LogP contribution in [-0.2, 0) is 20.1 Å². The van der Waals surface area contributed by atoms with E-state index in [4.69, 9.17) is 0 Å². The summed E-state index contributed by atoms with van der Waals surface area (Å²) in [6, 6.07) is 0. The summed E-state index contributed by atoms with van der Waals surface area (Å²) in [5, 5.41) is 0. The molecule has 0 unspecified atom stereocenters. The Bertz CT molecular complexity index is 826. The van der Waals surface area contributed by atoms with E-state index in [9.17, 15) is 9.59 Å². The van der Waals surface area contributed by atoms with E-state index in [1.165, 1.54) is 9.13 Å². The number of fused-ring (bicyclic) bond motifs is 1. The third kappa shape index (κ3) is 3.75. The fourth-order valence-corrected chi connectivity index (χ4v) is 2.82. The lowest BCUT2D eigenvalue weighted by atomic mass is 10.2. The molecule has 0 aliphatic carbocycles. The van der Waals surface area contributed by atoms with Crippen LogP contribution in [-0.4, -0.2) is 18.7 Å². The van der Waals surface area contributed by atoms with Crippen LogP contribution in [0, 0.1) is 0 Å². The Morgan fingerprint density at radius 1 is 1.04 bits per heavy atom. The van der Waals surface area contributed by atoms with Crippen molar-refractivity contribution in [2.45, 2.75) is 51.6 Å². The molecule has 130 valence electrons. The van der Waals surface area contributed by atoms with Crippen LogP contribution in [0.3, 0.4) is 0 Å². The van der Waals surface area contributed by atoms with Crippen molar-refractivity contribution < 1.29 is 0 Å². The first-order chi connectivity index (χ1) is 11.6. The molecule has 0 spiro atoms. The molecule has 0 amide bonds. The number of hydrogen-bond donors (Lipinski definition) is 0. The van der Waals surface area contributed by atoms with Crippen LogP contribution in [0.5, 0.6) is 0 Å². The topological polar surface area (TPSA) is 61.8 Å². The molecule has 24 heavy (non-hydrogen) atoms. The summed E-state index contributed by atoms with van der Waals surface area (Å²) in [6.07, 6.45) is 10.9. The highest BCUT2D eigenvalue weighted by molar-refractivity contribution is 5.69. The van der Waals surface area contributed by atoms with Gasteiger partial charge < -0.3 is 4.57 Å². The number of unbranched alkanes of at least 4 members (excludes halogenated alkanes) is 4. The standard InChI is InChI=1S/C18H26N4O2/c1-4-6-8-10-12-21-14-19-16-15(21)17(23)22(18(24)20(16)3)13-11-9-7-5-2/h4-5,14H,1-2,6-13H2,3H3. The Morgan fingerprint density at radius 3 is 2.29 bits per heavy atom. The minimum absolute atomic E-state index is 0.243. The maximum absolute atomic E-state index is 12.8. The van der Waals surface area contributed by atoms with Gasteiger partial charge in [0.25, 0.3) is 5.56 Å². The first-order valence-corrected chi connectivity index (χ1v) is 8.48. The van der Waals surface area contributed by atoms with Gasteiger partial charge >= 0.3 is 5.69 Å². The zero-order valence-electron chi connectivity index (χ0n) is 14.4. The summed E-state index contributed by atoms with van der Waals surface area (Å²) >= 11 is 0. The molecule has 0 atom stereocenters. The Labute approximate surface area is 141 Å². The average Bonchev–Trinajstić information content (AvgIpc) is 3.00. The van der Waals surface area contributed by atoms with Gasteiger partial charge in [-0.2, -0.15) is 0 Å². The van der Waals surface area contributed by atoms with Crippen molar-refractivity contribution in [1.82, 2.24) is 18.7 Å². The quantitative estimate of drug-likeness (QED) is 0.497. The van der Waals surface area contributed by atoms with Crippen LogP contribution in [0.2, 0.25) is 0 Å². The molecule has 6 heteroatoms. The smallest absolute Gasteiger partial charge is 0.325 e. The maximum atomic E-state index is 12.8. The summed E-state index contributed by atoms with van der Waals surface area (Å²) < 4.78 is 4.65. The van der Waals surface area contributed by atoms with E-state index < -0.39 is 0 Å². The van der Waals surface area contributed by atoms with E-state index in [0.29, 0.717) is 24.3 Å². The lowest BCUT2D eigenvalue weighted by molar-refractivity contribution is 0.553. The Kier molecular flexibility index (Phi) is 6.35. The Morgan fingerprint density at radius 2 is 1.67 bits per heavy atom. The van der Waals surface area contributed by atoms with Gasteiger partial charge in [-0.25, -0.2) is 9.78 Å². The second-order valence-electron chi connectivity index (χ2n) is 5.98. The minimum Gasteiger partial charge on any atom is -0.325 e. The van der Waals surface area contributed by atoms with Crippen molar-refractivity contribution in [3.63, 3.8) is 0 Å². The molecule has 2 aromatic rings. The van der Waals surface area contributed by atoms with Crippen LogP contribution in [0.4, 0.5) is 0 Å².